The first-order valence-corrected chi connectivity index (χ1v) is 14.0. The molecule has 0 spiro atoms. The number of amides is 1. The number of anilines is 1. The van der Waals surface area contributed by atoms with Crippen molar-refractivity contribution in [2.45, 2.75) is 25.3 Å². The summed E-state index contributed by atoms with van der Waals surface area (Å²) in [4.78, 5) is 17.6. The molecule has 0 N–H and O–H groups in total. The van der Waals surface area contributed by atoms with E-state index in [0.29, 0.717) is 30.3 Å². The molecule has 0 aliphatic carbocycles. The third-order valence-electron chi connectivity index (χ3n) is 6.69. The highest BCUT2D eigenvalue weighted by Gasteiger charge is 2.31. The van der Waals surface area contributed by atoms with Gasteiger partial charge in [-0.3, -0.25) is 14.0 Å². The van der Waals surface area contributed by atoms with Gasteiger partial charge in [0.15, 0.2) is 11.5 Å². The van der Waals surface area contributed by atoms with E-state index in [-0.39, 0.29) is 17.3 Å². The van der Waals surface area contributed by atoms with Crippen LogP contribution in [0.5, 0.6) is 11.5 Å². The number of carbonyl (C=O) groups excluding carboxylic acids is 1. The van der Waals surface area contributed by atoms with Crippen molar-refractivity contribution in [3.05, 3.63) is 83.4 Å². The molecule has 0 bridgehead atoms. The molecule has 3 aromatic carbocycles. The fourth-order valence-corrected chi connectivity index (χ4v) is 6.15. The van der Waals surface area contributed by atoms with E-state index in [2.05, 4.69) is 17.0 Å². The van der Waals surface area contributed by atoms with Crippen molar-refractivity contribution < 1.29 is 22.7 Å². The van der Waals surface area contributed by atoms with Gasteiger partial charge in [-0.15, -0.1) is 0 Å². The first kappa shape index (κ1) is 27.5. The van der Waals surface area contributed by atoms with Crippen LogP contribution in [0.1, 0.15) is 16.7 Å². The van der Waals surface area contributed by atoms with E-state index in [1.54, 1.807) is 23.1 Å². The summed E-state index contributed by atoms with van der Waals surface area (Å²) in [6.45, 7) is 6.89. The Hall–Kier alpha value is -3.56. The number of methoxy groups -OCH3 is 2. The molecular weight excluding hydrogens is 502 g/mol. The van der Waals surface area contributed by atoms with Crippen LogP contribution in [0.25, 0.3) is 0 Å². The molecule has 1 saturated heterocycles. The molecule has 9 heteroatoms. The summed E-state index contributed by atoms with van der Waals surface area (Å²) in [5.41, 5.74) is 3.51. The Morgan fingerprint density at radius 2 is 1.47 bits per heavy atom. The largest absolute Gasteiger partial charge is 0.493 e. The number of rotatable bonds is 9. The topological polar surface area (TPSA) is 79.4 Å². The molecule has 0 atom stereocenters. The number of hydrogen-bond donors (Lipinski definition) is 0. The highest BCUT2D eigenvalue weighted by molar-refractivity contribution is 7.92. The number of nitrogens with zero attached hydrogens (tertiary/aromatic N) is 3. The smallest absolute Gasteiger partial charge is 0.264 e. The maximum Gasteiger partial charge on any atom is 0.264 e. The van der Waals surface area contributed by atoms with Gasteiger partial charge in [-0.05, 0) is 54.8 Å². The standard InChI is InChI=1S/C29H35N3O5S/c1-22-16-23(2)18-25(17-22)32(38(34,35)26-10-11-27(36-3)28(19-26)37-4)21-29(33)31-14-12-30(13-15-31)20-24-8-6-5-7-9-24/h5-11,16-19H,12-15,20-21H2,1-4H3. The van der Waals surface area contributed by atoms with Crippen molar-refractivity contribution in [3.63, 3.8) is 0 Å². The molecule has 8 nitrogen and oxygen atoms in total. The third kappa shape index (κ3) is 6.28. The fraction of sp³-hybridized carbons (Fsp3) is 0.345. The summed E-state index contributed by atoms with van der Waals surface area (Å²) in [7, 11) is -1.14. The lowest BCUT2D eigenvalue weighted by molar-refractivity contribution is -0.131. The summed E-state index contributed by atoms with van der Waals surface area (Å²) in [5.74, 6) is 0.497. The molecule has 38 heavy (non-hydrogen) atoms. The van der Waals surface area contributed by atoms with Crippen molar-refractivity contribution in [2.75, 3.05) is 51.2 Å². The molecule has 3 aromatic rings. The summed E-state index contributed by atoms with van der Waals surface area (Å²) >= 11 is 0. The van der Waals surface area contributed by atoms with Gasteiger partial charge in [-0.25, -0.2) is 8.42 Å². The van der Waals surface area contributed by atoms with Crippen molar-refractivity contribution in [1.29, 1.82) is 0 Å². The van der Waals surface area contributed by atoms with Gasteiger partial charge in [-0.2, -0.15) is 0 Å². The number of sulfonamides is 1. The van der Waals surface area contributed by atoms with Gasteiger partial charge < -0.3 is 14.4 Å². The Kier molecular flexibility index (Phi) is 8.58. The summed E-state index contributed by atoms with van der Waals surface area (Å²) in [6, 6.07) is 20.2. The first-order valence-electron chi connectivity index (χ1n) is 12.6. The number of hydrogen-bond acceptors (Lipinski definition) is 6. The Labute approximate surface area is 225 Å². The average Bonchev–Trinajstić information content (AvgIpc) is 2.91. The monoisotopic (exact) mass is 537 g/mol. The number of aryl methyl sites for hydroxylation is 2. The second-order valence-electron chi connectivity index (χ2n) is 9.52. The molecule has 1 amide bonds. The lowest BCUT2D eigenvalue weighted by atomic mass is 10.1. The van der Waals surface area contributed by atoms with E-state index >= 15 is 0 Å². The second kappa shape index (κ2) is 11.9. The highest BCUT2D eigenvalue weighted by Crippen LogP contribution is 2.33. The zero-order valence-electron chi connectivity index (χ0n) is 22.4. The van der Waals surface area contributed by atoms with Crippen LogP contribution in [-0.4, -0.2) is 71.1 Å². The molecule has 0 unspecified atom stereocenters. The Morgan fingerprint density at radius 3 is 2.08 bits per heavy atom. The second-order valence-corrected chi connectivity index (χ2v) is 11.4. The maximum atomic E-state index is 13.9. The molecule has 0 radical (unpaired) electrons. The molecule has 0 saturated carbocycles. The van der Waals surface area contributed by atoms with Crippen molar-refractivity contribution in [1.82, 2.24) is 9.80 Å². The van der Waals surface area contributed by atoms with Gasteiger partial charge in [0.25, 0.3) is 10.0 Å². The molecule has 1 aliphatic rings. The van der Waals surface area contributed by atoms with E-state index in [1.807, 2.05) is 38.1 Å². The van der Waals surface area contributed by atoms with Crippen LogP contribution in [0.4, 0.5) is 5.69 Å². The quantitative estimate of drug-likeness (QED) is 0.413. The number of ether oxygens (including phenoxy) is 2. The Balaban J connectivity index is 1.57. The van der Waals surface area contributed by atoms with E-state index in [4.69, 9.17) is 9.47 Å². The van der Waals surface area contributed by atoms with Crippen molar-refractivity contribution >= 4 is 21.6 Å². The molecule has 4 rings (SSSR count). The number of benzene rings is 3. The maximum absolute atomic E-state index is 13.9. The fourth-order valence-electron chi connectivity index (χ4n) is 4.73. The average molecular weight is 538 g/mol. The third-order valence-corrected chi connectivity index (χ3v) is 8.46. The predicted molar refractivity (Wildman–Crippen MR) is 148 cm³/mol. The van der Waals surface area contributed by atoms with Gasteiger partial charge in [0.1, 0.15) is 6.54 Å². The lowest BCUT2D eigenvalue weighted by Crippen LogP contribution is -2.51. The molecular formula is C29H35N3O5S. The molecule has 1 heterocycles. The molecule has 0 aromatic heterocycles. The lowest BCUT2D eigenvalue weighted by Gasteiger charge is -2.36. The van der Waals surface area contributed by atoms with Gasteiger partial charge in [-0.1, -0.05) is 36.4 Å². The Morgan fingerprint density at radius 1 is 0.842 bits per heavy atom. The minimum Gasteiger partial charge on any atom is -0.493 e. The van der Waals surface area contributed by atoms with E-state index in [0.717, 1.165) is 30.8 Å². The minimum absolute atomic E-state index is 0.0230. The molecule has 202 valence electrons. The van der Waals surface area contributed by atoms with Crippen LogP contribution in [-0.2, 0) is 21.4 Å². The van der Waals surface area contributed by atoms with Crippen LogP contribution < -0.4 is 13.8 Å². The molecule has 1 fully saturated rings. The normalized spacial score (nSPS) is 14.3. The van der Waals surface area contributed by atoms with Crippen LogP contribution in [0.3, 0.4) is 0 Å². The minimum atomic E-state index is -4.09. The van der Waals surface area contributed by atoms with Gasteiger partial charge in [0.05, 0.1) is 24.8 Å². The van der Waals surface area contributed by atoms with E-state index in [1.165, 1.54) is 36.2 Å². The van der Waals surface area contributed by atoms with E-state index in [9.17, 15) is 13.2 Å². The van der Waals surface area contributed by atoms with E-state index < -0.39 is 10.0 Å². The zero-order chi connectivity index (χ0) is 27.3. The summed E-state index contributed by atoms with van der Waals surface area (Å²) < 4.78 is 39.7. The number of piperazine rings is 1. The number of carbonyl (C=O) groups is 1. The SMILES string of the molecule is COc1ccc(S(=O)(=O)N(CC(=O)N2CCN(Cc3ccccc3)CC2)c2cc(C)cc(C)c2)cc1OC. The summed E-state index contributed by atoms with van der Waals surface area (Å²) in [5, 5.41) is 0. The Bertz CT molecular complexity index is 1350. The van der Waals surface area contributed by atoms with Crippen LogP contribution in [0.15, 0.2) is 71.6 Å². The predicted octanol–water partition coefficient (Wildman–Crippen LogP) is 3.86. The van der Waals surface area contributed by atoms with Gasteiger partial charge >= 0.3 is 0 Å². The van der Waals surface area contributed by atoms with Crippen LogP contribution >= 0.6 is 0 Å². The molecule has 1 aliphatic heterocycles. The highest BCUT2D eigenvalue weighted by atomic mass is 32.2. The van der Waals surface area contributed by atoms with Crippen LogP contribution in [0, 0.1) is 13.8 Å². The van der Waals surface area contributed by atoms with Crippen molar-refractivity contribution in [3.8, 4) is 11.5 Å². The zero-order valence-corrected chi connectivity index (χ0v) is 23.2. The van der Waals surface area contributed by atoms with Gasteiger partial charge in [0, 0.05) is 38.8 Å². The first-order chi connectivity index (χ1) is 18.2. The van der Waals surface area contributed by atoms with Crippen LogP contribution in [0.2, 0.25) is 0 Å². The van der Waals surface area contributed by atoms with Crippen molar-refractivity contribution in [2.24, 2.45) is 0 Å². The summed E-state index contributed by atoms with van der Waals surface area (Å²) in [6.07, 6.45) is 0. The van der Waals surface area contributed by atoms with Gasteiger partial charge in [0.2, 0.25) is 5.91 Å².